The lowest BCUT2D eigenvalue weighted by Crippen LogP contribution is -2.45. The van der Waals surface area contributed by atoms with E-state index in [0.29, 0.717) is 6.54 Å². The Morgan fingerprint density at radius 3 is 2.58 bits per heavy atom. The predicted molar refractivity (Wildman–Crippen MR) is 79.8 cm³/mol. The summed E-state index contributed by atoms with van der Waals surface area (Å²) >= 11 is 0. The molecular weight excluding hydrogens is 238 g/mol. The van der Waals surface area contributed by atoms with Gasteiger partial charge in [0.1, 0.15) is 0 Å². The number of amides is 1. The standard InChI is InChI=1S/C15H25N3O/c1-11(12-7-6-8-13(16)9-12)18(5)10-14(19)17-15(2,3)4/h6-9,11H,10,16H2,1-5H3,(H,17,19). The maximum absolute atomic E-state index is 11.9. The largest absolute Gasteiger partial charge is 0.399 e. The highest BCUT2D eigenvalue weighted by Crippen LogP contribution is 2.20. The van der Waals surface area contributed by atoms with Gasteiger partial charge in [-0.1, -0.05) is 12.1 Å². The molecule has 0 saturated carbocycles. The molecule has 4 nitrogen and oxygen atoms in total. The van der Waals surface area contributed by atoms with Crippen molar-refractivity contribution < 1.29 is 4.79 Å². The van der Waals surface area contributed by atoms with Gasteiger partial charge in [-0.3, -0.25) is 9.69 Å². The first-order valence-corrected chi connectivity index (χ1v) is 6.56. The van der Waals surface area contributed by atoms with Crippen LogP contribution in [0.5, 0.6) is 0 Å². The quantitative estimate of drug-likeness (QED) is 0.819. The van der Waals surface area contributed by atoms with Crippen LogP contribution in [0.15, 0.2) is 24.3 Å². The average Bonchev–Trinajstić information content (AvgIpc) is 2.25. The van der Waals surface area contributed by atoms with Gasteiger partial charge in [0.05, 0.1) is 6.54 Å². The fraction of sp³-hybridized carbons (Fsp3) is 0.533. The van der Waals surface area contributed by atoms with E-state index >= 15 is 0 Å². The van der Waals surface area contributed by atoms with Gasteiger partial charge < -0.3 is 11.1 Å². The number of likely N-dealkylation sites (N-methyl/N-ethyl adjacent to an activating group) is 1. The molecule has 0 saturated heterocycles. The van der Waals surface area contributed by atoms with E-state index in [2.05, 4.69) is 12.2 Å². The predicted octanol–water partition coefficient (Wildman–Crippen LogP) is 2.18. The van der Waals surface area contributed by atoms with Crippen LogP contribution in [0.1, 0.15) is 39.3 Å². The molecule has 1 aromatic carbocycles. The molecule has 0 fully saturated rings. The Balaban J connectivity index is 2.63. The summed E-state index contributed by atoms with van der Waals surface area (Å²) in [4.78, 5) is 13.9. The number of rotatable bonds is 4. The van der Waals surface area contributed by atoms with Gasteiger partial charge in [0.15, 0.2) is 0 Å². The van der Waals surface area contributed by atoms with E-state index in [1.807, 2.05) is 57.0 Å². The zero-order valence-electron chi connectivity index (χ0n) is 12.5. The summed E-state index contributed by atoms with van der Waals surface area (Å²) in [7, 11) is 1.94. The number of carbonyl (C=O) groups is 1. The number of hydrogen-bond donors (Lipinski definition) is 2. The maximum atomic E-state index is 11.9. The zero-order chi connectivity index (χ0) is 14.6. The third kappa shape index (κ3) is 5.30. The molecule has 0 aliphatic heterocycles. The second kappa shape index (κ2) is 6.06. The van der Waals surface area contributed by atoms with Crippen molar-refractivity contribution in [1.82, 2.24) is 10.2 Å². The molecule has 0 aromatic heterocycles. The Labute approximate surface area is 116 Å². The number of nitrogen functional groups attached to an aromatic ring is 1. The van der Waals surface area contributed by atoms with E-state index in [9.17, 15) is 4.79 Å². The Kier molecular flexibility index (Phi) is 4.95. The summed E-state index contributed by atoms with van der Waals surface area (Å²) in [6.45, 7) is 8.37. The molecule has 0 spiro atoms. The number of anilines is 1. The van der Waals surface area contributed by atoms with E-state index in [0.717, 1.165) is 11.3 Å². The summed E-state index contributed by atoms with van der Waals surface area (Å²) in [5.74, 6) is 0.0331. The van der Waals surface area contributed by atoms with Crippen molar-refractivity contribution in [2.45, 2.75) is 39.3 Å². The first-order valence-electron chi connectivity index (χ1n) is 6.56. The van der Waals surface area contributed by atoms with Crippen molar-refractivity contribution in [2.75, 3.05) is 19.3 Å². The molecule has 19 heavy (non-hydrogen) atoms. The highest BCUT2D eigenvalue weighted by atomic mass is 16.2. The van der Waals surface area contributed by atoms with Crippen molar-refractivity contribution in [3.63, 3.8) is 0 Å². The number of hydrogen-bond acceptors (Lipinski definition) is 3. The minimum atomic E-state index is -0.196. The second-order valence-corrected chi connectivity index (χ2v) is 6.06. The topological polar surface area (TPSA) is 58.4 Å². The van der Waals surface area contributed by atoms with Gasteiger partial charge in [0.25, 0.3) is 0 Å². The van der Waals surface area contributed by atoms with Crippen molar-refractivity contribution in [1.29, 1.82) is 0 Å². The highest BCUT2D eigenvalue weighted by molar-refractivity contribution is 5.78. The Bertz CT molecular complexity index is 437. The van der Waals surface area contributed by atoms with Crippen LogP contribution in [0.2, 0.25) is 0 Å². The molecule has 0 bridgehead atoms. The van der Waals surface area contributed by atoms with Crippen LogP contribution in [0.4, 0.5) is 5.69 Å². The van der Waals surface area contributed by atoms with Gasteiger partial charge in [-0.15, -0.1) is 0 Å². The third-order valence-electron chi connectivity index (χ3n) is 2.96. The molecule has 1 amide bonds. The SMILES string of the molecule is CC(c1cccc(N)c1)N(C)CC(=O)NC(C)(C)C. The maximum Gasteiger partial charge on any atom is 0.234 e. The molecular formula is C15H25N3O. The molecule has 1 atom stereocenters. The second-order valence-electron chi connectivity index (χ2n) is 6.06. The Morgan fingerprint density at radius 1 is 1.42 bits per heavy atom. The molecule has 0 heterocycles. The Hall–Kier alpha value is -1.55. The van der Waals surface area contributed by atoms with Crippen LogP contribution in [0, 0.1) is 0 Å². The monoisotopic (exact) mass is 263 g/mol. The first kappa shape index (κ1) is 15.5. The molecule has 0 aliphatic rings. The fourth-order valence-corrected chi connectivity index (χ4v) is 1.89. The van der Waals surface area contributed by atoms with E-state index in [4.69, 9.17) is 5.73 Å². The molecule has 4 heteroatoms. The molecule has 1 aromatic rings. The molecule has 0 aliphatic carbocycles. The molecule has 1 unspecified atom stereocenters. The van der Waals surface area contributed by atoms with Crippen molar-refractivity contribution in [3.8, 4) is 0 Å². The van der Waals surface area contributed by atoms with E-state index in [1.54, 1.807) is 0 Å². The van der Waals surface area contributed by atoms with E-state index < -0.39 is 0 Å². The van der Waals surface area contributed by atoms with Gasteiger partial charge in [0, 0.05) is 17.3 Å². The van der Waals surface area contributed by atoms with Gasteiger partial charge in [-0.05, 0) is 52.4 Å². The fourth-order valence-electron chi connectivity index (χ4n) is 1.89. The summed E-state index contributed by atoms with van der Waals surface area (Å²) < 4.78 is 0. The van der Waals surface area contributed by atoms with Crippen LogP contribution >= 0.6 is 0 Å². The molecule has 0 radical (unpaired) electrons. The molecule has 1 rings (SSSR count). The van der Waals surface area contributed by atoms with Gasteiger partial charge in [-0.25, -0.2) is 0 Å². The van der Waals surface area contributed by atoms with Crippen molar-refractivity contribution in [3.05, 3.63) is 29.8 Å². The van der Waals surface area contributed by atoms with Gasteiger partial charge >= 0.3 is 0 Å². The minimum Gasteiger partial charge on any atom is -0.399 e. The third-order valence-corrected chi connectivity index (χ3v) is 2.96. The van der Waals surface area contributed by atoms with Crippen molar-refractivity contribution >= 4 is 11.6 Å². The number of carbonyl (C=O) groups excluding carboxylic acids is 1. The molecule has 3 N–H and O–H groups in total. The summed E-state index contributed by atoms with van der Waals surface area (Å²) in [6, 6.07) is 7.92. The van der Waals surface area contributed by atoms with Gasteiger partial charge in [0.2, 0.25) is 5.91 Å². The van der Waals surface area contributed by atoms with Gasteiger partial charge in [-0.2, -0.15) is 0 Å². The van der Waals surface area contributed by atoms with E-state index in [-0.39, 0.29) is 17.5 Å². The summed E-state index contributed by atoms with van der Waals surface area (Å²) in [5, 5.41) is 2.96. The van der Waals surface area contributed by atoms with Crippen LogP contribution in [0.3, 0.4) is 0 Å². The van der Waals surface area contributed by atoms with Crippen molar-refractivity contribution in [2.24, 2.45) is 0 Å². The van der Waals surface area contributed by atoms with Crippen LogP contribution in [0.25, 0.3) is 0 Å². The zero-order valence-corrected chi connectivity index (χ0v) is 12.5. The van der Waals surface area contributed by atoms with Crippen LogP contribution in [-0.2, 0) is 4.79 Å². The Morgan fingerprint density at radius 2 is 2.05 bits per heavy atom. The normalized spacial score (nSPS) is 13.4. The smallest absolute Gasteiger partial charge is 0.234 e. The number of nitrogens with zero attached hydrogens (tertiary/aromatic N) is 1. The lowest BCUT2D eigenvalue weighted by molar-refractivity contribution is -0.123. The van der Waals surface area contributed by atoms with E-state index in [1.165, 1.54) is 0 Å². The van der Waals surface area contributed by atoms with Crippen LogP contribution in [-0.4, -0.2) is 29.9 Å². The number of nitrogens with two attached hydrogens (primary N) is 1. The number of nitrogens with one attached hydrogen (secondary N) is 1. The summed E-state index contributed by atoms with van der Waals surface area (Å²) in [6.07, 6.45) is 0. The lowest BCUT2D eigenvalue weighted by Gasteiger charge is -2.27. The summed E-state index contributed by atoms with van der Waals surface area (Å²) in [5.41, 5.74) is 7.45. The number of benzene rings is 1. The molecule has 106 valence electrons. The first-order chi connectivity index (χ1) is 8.69. The van der Waals surface area contributed by atoms with Crippen LogP contribution < -0.4 is 11.1 Å². The lowest BCUT2D eigenvalue weighted by atomic mass is 10.1. The highest BCUT2D eigenvalue weighted by Gasteiger charge is 2.18. The minimum absolute atomic E-state index is 0.0331. The average molecular weight is 263 g/mol.